The van der Waals surface area contributed by atoms with Crippen LogP contribution in [0.25, 0.3) is 0 Å². The Morgan fingerprint density at radius 3 is 2.85 bits per heavy atom. The number of likely N-dealkylation sites (tertiary alicyclic amines) is 1. The third-order valence-corrected chi connectivity index (χ3v) is 5.08. The van der Waals surface area contributed by atoms with Gasteiger partial charge in [-0.15, -0.1) is 0 Å². The van der Waals surface area contributed by atoms with Crippen LogP contribution in [0.1, 0.15) is 39.7 Å². The number of halogens is 2. The van der Waals surface area contributed by atoms with Crippen molar-refractivity contribution in [2.45, 2.75) is 39.5 Å². The summed E-state index contributed by atoms with van der Waals surface area (Å²) < 4.78 is 18.9. The van der Waals surface area contributed by atoms with Gasteiger partial charge >= 0.3 is 0 Å². The maximum Gasteiger partial charge on any atom is 0.193 e. The molecule has 0 bridgehead atoms. The molecule has 1 aliphatic rings. The first-order valence-corrected chi connectivity index (χ1v) is 9.81. The summed E-state index contributed by atoms with van der Waals surface area (Å²) in [7, 11) is 0. The third-order valence-electron chi connectivity index (χ3n) is 4.76. The van der Waals surface area contributed by atoms with Crippen molar-refractivity contribution < 1.29 is 9.13 Å². The number of rotatable bonds is 7. The van der Waals surface area contributed by atoms with Crippen molar-refractivity contribution in [1.82, 2.24) is 10.2 Å². The number of guanidine groups is 1. The minimum atomic E-state index is -0.316. The summed E-state index contributed by atoms with van der Waals surface area (Å²) >= 11 is 6.26. The van der Waals surface area contributed by atoms with Crippen LogP contribution in [-0.4, -0.2) is 50.3 Å². The van der Waals surface area contributed by atoms with Crippen molar-refractivity contribution in [3.05, 3.63) is 34.6 Å². The Morgan fingerprint density at radius 1 is 1.42 bits per heavy atom. The molecule has 26 heavy (non-hydrogen) atoms. The molecule has 1 unspecified atom stereocenters. The number of nitrogens with one attached hydrogen (secondary N) is 1. The van der Waals surface area contributed by atoms with E-state index in [9.17, 15) is 4.39 Å². The quantitative estimate of drug-likeness (QED) is 0.569. The smallest absolute Gasteiger partial charge is 0.193 e. The van der Waals surface area contributed by atoms with E-state index >= 15 is 0 Å². The fraction of sp³-hybridized carbons (Fsp3) is 0.650. The molecule has 0 radical (unpaired) electrons. The van der Waals surface area contributed by atoms with Gasteiger partial charge in [-0.25, -0.2) is 4.39 Å². The number of nitrogens with zero attached hydrogens (tertiary/aromatic N) is 2. The van der Waals surface area contributed by atoms with E-state index in [-0.39, 0.29) is 11.2 Å². The van der Waals surface area contributed by atoms with Crippen molar-refractivity contribution in [1.29, 1.82) is 0 Å². The highest BCUT2D eigenvalue weighted by molar-refractivity contribution is 6.31. The summed E-state index contributed by atoms with van der Waals surface area (Å²) in [5.74, 6) is 1.17. The molecule has 1 N–H and O–H groups in total. The SMILES string of the molecule is CCNC(=NCC(C)(C)c1ccc(F)cc1Cl)N1CCC(COCC)C1. The Balaban J connectivity index is 2.08. The lowest BCUT2D eigenvalue weighted by molar-refractivity contribution is 0.114. The monoisotopic (exact) mass is 383 g/mol. The summed E-state index contributed by atoms with van der Waals surface area (Å²) in [5.41, 5.74) is 0.631. The average molecular weight is 384 g/mol. The van der Waals surface area contributed by atoms with Crippen molar-refractivity contribution in [3.8, 4) is 0 Å². The van der Waals surface area contributed by atoms with Gasteiger partial charge in [-0.2, -0.15) is 0 Å². The number of ether oxygens (including phenoxy) is 1. The molecule has 0 aliphatic carbocycles. The van der Waals surface area contributed by atoms with Gasteiger partial charge in [0.1, 0.15) is 5.82 Å². The summed E-state index contributed by atoms with van der Waals surface area (Å²) in [6, 6.07) is 4.58. The first kappa shape index (κ1) is 21.0. The zero-order chi connectivity index (χ0) is 19.2. The van der Waals surface area contributed by atoms with E-state index in [1.54, 1.807) is 6.07 Å². The molecular formula is C20H31ClFN3O. The Hall–Kier alpha value is -1.33. The van der Waals surface area contributed by atoms with Crippen LogP contribution in [0.15, 0.2) is 23.2 Å². The molecule has 4 nitrogen and oxygen atoms in total. The molecule has 1 heterocycles. The van der Waals surface area contributed by atoms with Crippen LogP contribution in [0.3, 0.4) is 0 Å². The molecule has 1 saturated heterocycles. The number of benzene rings is 1. The second-order valence-corrected chi connectivity index (χ2v) is 7.85. The van der Waals surface area contributed by atoms with Crippen LogP contribution in [0, 0.1) is 11.7 Å². The van der Waals surface area contributed by atoms with E-state index in [0.29, 0.717) is 17.5 Å². The van der Waals surface area contributed by atoms with Crippen LogP contribution >= 0.6 is 11.6 Å². The minimum absolute atomic E-state index is 0.282. The lowest BCUT2D eigenvalue weighted by Gasteiger charge is -2.27. The maximum atomic E-state index is 13.3. The Morgan fingerprint density at radius 2 is 2.19 bits per heavy atom. The Bertz CT molecular complexity index is 621. The Labute approximate surface area is 161 Å². The highest BCUT2D eigenvalue weighted by Crippen LogP contribution is 2.31. The van der Waals surface area contributed by atoms with Crippen LogP contribution in [0.5, 0.6) is 0 Å². The zero-order valence-corrected chi connectivity index (χ0v) is 17.1. The number of hydrogen-bond donors (Lipinski definition) is 1. The molecule has 1 aliphatic heterocycles. The molecule has 1 fully saturated rings. The van der Waals surface area contributed by atoms with E-state index in [0.717, 1.165) is 50.8 Å². The summed E-state index contributed by atoms with van der Waals surface area (Å²) in [6.45, 7) is 13.2. The highest BCUT2D eigenvalue weighted by Gasteiger charge is 2.27. The Kier molecular flexibility index (Phi) is 7.71. The predicted octanol–water partition coefficient (Wildman–Crippen LogP) is 4.08. The molecule has 0 spiro atoms. The van der Waals surface area contributed by atoms with Crippen LogP contribution in [0.2, 0.25) is 5.02 Å². The van der Waals surface area contributed by atoms with E-state index in [2.05, 4.69) is 31.0 Å². The van der Waals surface area contributed by atoms with Gasteiger partial charge in [0.25, 0.3) is 0 Å². The van der Waals surface area contributed by atoms with Gasteiger partial charge in [-0.05, 0) is 38.0 Å². The molecule has 1 aromatic carbocycles. The molecule has 1 atom stereocenters. The van der Waals surface area contributed by atoms with Crippen LogP contribution < -0.4 is 5.32 Å². The van der Waals surface area contributed by atoms with Gasteiger partial charge in [-0.1, -0.05) is 31.5 Å². The van der Waals surface area contributed by atoms with Crippen molar-refractivity contribution >= 4 is 17.6 Å². The van der Waals surface area contributed by atoms with Gasteiger partial charge in [0.2, 0.25) is 0 Å². The fourth-order valence-corrected chi connectivity index (χ4v) is 3.69. The van der Waals surface area contributed by atoms with Crippen LogP contribution in [-0.2, 0) is 10.2 Å². The van der Waals surface area contributed by atoms with Gasteiger partial charge in [-0.3, -0.25) is 4.99 Å². The van der Waals surface area contributed by atoms with Gasteiger partial charge in [0.15, 0.2) is 5.96 Å². The van der Waals surface area contributed by atoms with Crippen LogP contribution in [0.4, 0.5) is 4.39 Å². The van der Waals surface area contributed by atoms with Crippen molar-refractivity contribution in [2.75, 3.05) is 39.4 Å². The lowest BCUT2D eigenvalue weighted by Crippen LogP contribution is -2.41. The molecule has 2 rings (SSSR count). The van der Waals surface area contributed by atoms with E-state index in [1.165, 1.54) is 12.1 Å². The minimum Gasteiger partial charge on any atom is -0.381 e. The second kappa shape index (κ2) is 9.56. The van der Waals surface area contributed by atoms with Crippen molar-refractivity contribution in [3.63, 3.8) is 0 Å². The van der Waals surface area contributed by atoms with Gasteiger partial charge in [0, 0.05) is 42.6 Å². The third kappa shape index (κ3) is 5.58. The normalized spacial score (nSPS) is 18.5. The van der Waals surface area contributed by atoms with Gasteiger partial charge in [0.05, 0.1) is 13.2 Å². The molecule has 146 valence electrons. The number of hydrogen-bond acceptors (Lipinski definition) is 2. The molecule has 0 aromatic heterocycles. The standard InChI is InChI=1S/C20H31ClFN3O/c1-5-23-19(25-10-9-15(12-25)13-26-6-2)24-14-20(3,4)17-8-7-16(22)11-18(17)21/h7-8,11,15H,5-6,9-10,12-14H2,1-4H3,(H,23,24). The summed E-state index contributed by atoms with van der Waals surface area (Å²) in [6.07, 6.45) is 1.12. The highest BCUT2D eigenvalue weighted by atomic mass is 35.5. The molecule has 0 saturated carbocycles. The second-order valence-electron chi connectivity index (χ2n) is 7.44. The molecule has 1 aromatic rings. The van der Waals surface area contributed by atoms with Gasteiger partial charge < -0.3 is 15.0 Å². The zero-order valence-electron chi connectivity index (χ0n) is 16.3. The van der Waals surface area contributed by atoms with Crippen molar-refractivity contribution in [2.24, 2.45) is 10.9 Å². The first-order chi connectivity index (χ1) is 12.4. The van der Waals surface area contributed by atoms with E-state index in [1.807, 2.05) is 6.92 Å². The number of aliphatic imine (C=N–C) groups is 1. The molecule has 0 amide bonds. The molecule has 6 heteroatoms. The maximum absolute atomic E-state index is 13.3. The topological polar surface area (TPSA) is 36.9 Å². The largest absolute Gasteiger partial charge is 0.381 e. The average Bonchev–Trinajstić information content (AvgIpc) is 3.05. The summed E-state index contributed by atoms with van der Waals surface area (Å²) in [4.78, 5) is 7.16. The molecular weight excluding hydrogens is 353 g/mol. The fourth-order valence-electron chi connectivity index (χ4n) is 3.27. The summed E-state index contributed by atoms with van der Waals surface area (Å²) in [5, 5.41) is 3.84. The van der Waals surface area contributed by atoms with E-state index in [4.69, 9.17) is 21.3 Å². The predicted molar refractivity (Wildman–Crippen MR) is 107 cm³/mol. The first-order valence-electron chi connectivity index (χ1n) is 9.44. The lowest BCUT2D eigenvalue weighted by atomic mass is 9.84. The van der Waals surface area contributed by atoms with E-state index < -0.39 is 0 Å².